The maximum atomic E-state index is 2.56. The normalized spacial score (nSPS) is 62.2. The molecular formula is C14H18. The van der Waals surface area contributed by atoms with Crippen molar-refractivity contribution in [2.75, 3.05) is 0 Å². The molecule has 0 N–H and O–H groups in total. The van der Waals surface area contributed by atoms with Gasteiger partial charge in [-0.1, -0.05) is 31.2 Å². The first-order valence-electron chi connectivity index (χ1n) is 6.16. The SMILES string of the molecule is CC1C2CC3CCC34C=CC=CC14C2. The molecule has 0 amide bonds. The molecule has 0 aliphatic heterocycles. The van der Waals surface area contributed by atoms with Gasteiger partial charge in [0.2, 0.25) is 0 Å². The smallest absolute Gasteiger partial charge is 0.000952 e. The van der Waals surface area contributed by atoms with Crippen molar-refractivity contribution in [3.63, 3.8) is 0 Å². The highest BCUT2D eigenvalue weighted by Gasteiger charge is 2.70. The summed E-state index contributed by atoms with van der Waals surface area (Å²) >= 11 is 0. The largest absolute Gasteiger partial charge is 0.0772 e. The number of hydrogen-bond donors (Lipinski definition) is 0. The maximum Gasteiger partial charge on any atom is 0.000952 e. The van der Waals surface area contributed by atoms with Crippen molar-refractivity contribution in [1.29, 1.82) is 0 Å². The molecule has 0 aromatic carbocycles. The first-order chi connectivity index (χ1) is 6.79. The monoisotopic (exact) mass is 186 g/mol. The fourth-order valence-electron chi connectivity index (χ4n) is 5.13. The van der Waals surface area contributed by atoms with Crippen LogP contribution in [0.3, 0.4) is 0 Å². The fraction of sp³-hybridized carbons (Fsp3) is 0.714. The lowest BCUT2D eigenvalue weighted by Gasteiger charge is -2.74. The summed E-state index contributed by atoms with van der Waals surface area (Å²) in [6.45, 7) is 2.49. The van der Waals surface area contributed by atoms with E-state index in [-0.39, 0.29) is 0 Å². The van der Waals surface area contributed by atoms with E-state index in [0.29, 0.717) is 10.8 Å². The summed E-state index contributed by atoms with van der Waals surface area (Å²) in [6, 6.07) is 0. The Balaban J connectivity index is 1.89. The molecule has 4 fully saturated rings. The fourth-order valence-corrected chi connectivity index (χ4v) is 5.13. The molecule has 14 heavy (non-hydrogen) atoms. The molecule has 5 atom stereocenters. The molecule has 5 unspecified atom stereocenters. The molecule has 5 rings (SSSR count). The first kappa shape index (κ1) is 7.73. The minimum absolute atomic E-state index is 0.605. The van der Waals surface area contributed by atoms with Crippen LogP contribution in [0.15, 0.2) is 24.3 Å². The van der Waals surface area contributed by atoms with Crippen molar-refractivity contribution in [2.45, 2.75) is 32.6 Å². The molecule has 0 saturated heterocycles. The number of hydrogen-bond acceptors (Lipinski definition) is 0. The van der Waals surface area contributed by atoms with E-state index in [1.54, 1.807) is 0 Å². The van der Waals surface area contributed by atoms with Crippen molar-refractivity contribution >= 4 is 0 Å². The van der Waals surface area contributed by atoms with Gasteiger partial charge in [0.05, 0.1) is 0 Å². The van der Waals surface area contributed by atoms with E-state index in [1.807, 2.05) is 0 Å². The first-order valence-corrected chi connectivity index (χ1v) is 6.16. The van der Waals surface area contributed by atoms with Gasteiger partial charge >= 0.3 is 0 Å². The quantitative estimate of drug-likeness (QED) is 0.542. The molecule has 2 bridgehead atoms. The topological polar surface area (TPSA) is 0 Å². The van der Waals surface area contributed by atoms with Gasteiger partial charge in [0.25, 0.3) is 0 Å². The highest BCUT2D eigenvalue weighted by Crippen LogP contribution is 2.77. The van der Waals surface area contributed by atoms with Crippen LogP contribution in [0, 0.1) is 28.6 Å². The maximum absolute atomic E-state index is 2.56. The minimum Gasteiger partial charge on any atom is -0.0772 e. The predicted molar refractivity (Wildman–Crippen MR) is 57.8 cm³/mol. The average molecular weight is 186 g/mol. The molecule has 0 nitrogen and oxygen atoms in total. The molecule has 74 valence electrons. The van der Waals surface area contributed by atoms with Crippen molar-refractivity contribution < 1.29 is 0 Å². The van der Waals surface area contributed by atoms with E-state index in [9.17, 15) is 0 Å². The lowest BCUT2D eigenvalue weighted by Crippen LogP contribution is -2.67. The molecule has 0 radical (unpaired) electrons. The Kier molecular flexibility index (Phi) is 1.12. The summed E-state index contributed by atoms with van der Waals surface area (Å²) in [6.07, 6.45) is 15.7. The van der Waals surface area contributed by atoms with Crippen LogP contribution >= 0.6 is 0 Å². The highest BCUT2D eigenvalue weighted by atomic mass is 14.7. The summed E-state index contributed by atoms with van der Waals surface area (Å²) in [5.74, 6) is 3.06. The summed E-state index contributed by atoms with van der Waals surface area (Å²) in [5, 5.41) is 0. The van der Waals surface area contributed by atoms with E-state index >= 15 is 0 Å². The van der Waals surface area contributed by atoms with Crippen LogP contribution in [0.1, 0.15) is 32.6 Å². The second kappa shape index (κ2) is 2.03. The Hall–Kier alpha value is -0.520. The van der Waals surface area contributed by atoms with Gasteiger partial charge < -0.3 is 0 Å². The van der Waals surface area contributed by atoms with Gasteiger partial charge in [-0.3, -0.25) is 0 Å². The zero-order valence-corrected chi connectivity index (χ0v) is 8.87. The Labute approximate surface area is 86.1 Å². The lowest BCUT2D eigenvalue weighted by atomic mass is 9.30. The lowest BCUT2D eigenvalue weighted by molar-refractivity contribution is -0.211. The van der Waals surface area contributed by atoms with Gasteiger partial charge in [-0.15, -0.1) is 0 Å². The minimum atomic E-state index is 0.605. The summed E-state index contributed by atoms with van der Waals surface area (Å²) in [7, 11) is 0. The van der Waals surface area contributed by atoms with Crippen LogP contribution in [-0.2, 0) is 0 Å². The van der Waals surface area contributed by atoms with Crippen LogP contribution in [0.2, 0.25) is 0 Å². The van der Waals surface area contributed by atoms with Gasteiger partial charge in [-0.25, -0.2) is 0 Å². The third-order valence-corrected chi connectivity index (χ3v) is 6.11. The van der Waals surface area contributed by atoms with Gasteiger partial charge in [0, 0.05) is 10.8 Å². The second-order valence-electron chi connectivity index (χ2n) is 6.02. The van der Waals surface area contributed by atoms with Crippen molar-refractivity contribution in [1.82, 2.24) is 0 Å². The molecule has 0 heteroatoms. The number of rotatable bonds is 0. The van der Waals surface area contributed by atoms with Gasteiger partial charge in [-0.05, 0) is 43.4 Å². The molecule has 5 aliphatic carbocycles. The van der Waals surface area contributed by atoms with Crippen LogP contribution in [0.25, 0.3) is 0 Å². The van der Waals surface area contributed by atoms with Crippen molar-refractivity contribution in [3.05, 3.63) is 24.3 Å². The van der Waals surface area contributed by atoms with E-state index in [0.717, 1.165) is 17.8 Å². The number of allylic oxidation sites excluding steroid dienone is 4. The average Bonchev–Trinajstić information content (AvgIpc) is 2.21. The van der Waals surface area contributed by atoms with E-state index < -0.39 is 0 Å². The van der Waals surface area contributed by atoms with E-state index in [1.165, 1.54) is 25.7 Å². The zero-order valence-electron chi connectivity index (χ0n) is 8.87. The Bertz CT molecular complexity index is 335. The van der Waals surface area contributed by atoms with Crippen LogP contribution in [0.4, 0.5) is 0 Å². The van der Waals surface area contributed by atoms with Gasteiger partial charge in [0.15, 0.2) is 0 Å². The third kappa shape index (κ3) is 0.536. The third-order valence-electron chi connectivity index (χ3n) is 6.11. The molecule has 2 spiro atoms. The highest BCUT2D eigenvalue weighted by molar-refractivity contribution is 5.36. The van der Waals surface area contributed by atoms with E-state index in [2.05, 4.69) is 31.2 Å². The molecule has 0 aromatic rings. The van der Waals surface area contributed by atoms with Crippen LogP contribution in [0.5, 0.6) is 0 Å². The Morgan fingerprint density at radius 3 is 2.50 bits per heavy atom. The summed E-state index contributed by atoms with van der Waals surface area (Å²) in [5.41, 5.74) is 1.23. The molecule has 0 heterocycles. The molecular weight excluding hydrogens is 168 g/mol. The van der Waals surface area contributed by atoms with Crippen molar-refractivity contribution in [2.24, 2.45) is 28.6 Å². The Morgan fingerprint density at radius 1 is 1.14 bits per heavy atom. The van der Waals surface area contributed by atoms with Crippen molar-refractivity contribution in [3.8, 4) is 0 Å². The summed E-state index contributed by atoms with van der Waals surface area (Å²) in [4.78, 5) is 0. The molecule has 5 aliphatic rings. The van der Waals surface area contributed by atoms with Crippen LogP contribution < -0.4 is 0 Å². The predicted octanol–water partition coefficient (Wildman–Crippen LogP) is 3.55. The van der Waals surface area contributed by atoms with Gasteiger partial charge in [-0.2, -0.15) is 0 Å². The standard InChI is InChI=1S/C14H18/c1-10-11-8-12-4-7-13(12)5-2-3-6-14(10,13)9-11/h2-3,5-6,10-12H,4,7-9H2,1H3. The zero-order chi connectivity index (χ0) is 9.39. The Morgan fingerprint density at radius 2 is 1.93 bits per heavy atom. The molecule has 0 aromatic heterocycles. The summed E-state index contributed by atoms with van der Waals surface area (Å²) < 4.78 is 0. The van der Waals surface area contributed by atoms with Crippen LogP contribution in [-0.4, -0.2) is 0 Å². The van der Waals surface area contributed by atoms with Gasteiger partial charge in [0.1, 0.15) is 0 Å². The second-order valence-corrected chi connectivity index (χ2v) is 6.02. The van der Waals surface area contributed by atoms with E-state index in [4.69, 9.17) is 0 Å². The molecule has 4 saturated carbocycles.